The molecule has 0 spiro atoms. The molecule has 2 aromatic carbocycles. The Bertz CT molecular complexity index is 1160. The van der Waals surface area contributed by atoms with Gasteiger partial charge in [-0.2, -0.15) is 0 Å². The van der Waals surface area contributed by atoms with Crippen molar-refractivity contribution >= 4 is 28.5 Å². The highest BCUT2D eigenvalue weighted by molar-refractivity contribution is 6.31. The van der Waals surface area contributed by atoms with Crippen molar-refractivity contribution in [1.29, 1.82) is 0 Å². The van der Waals surface area contributed by atoms with Gasteiger partial charge in [0, 0.05) is 47.3 Å². The van der Waals surface area contributed by atoms with E-state index in [1.807, 2.05) is 71.3 Å². The lowest BCUT2D eigenvalue weighted by Gasteiger charge is -2.11. The van der Waals surface area contributed by atoms with E-state index in [-0.39, 0.29) is 5.69 Å². The fourth-order valence-corrected chi connectivity index (χ4v) is 3.77. The third-order valence-electron chi connectivity index (χ3n) is 4.90. The third-order valence-corrected chi connectivity index (χ3v) is 5.27. The smallest absolute Gasteiger partial charge is 0.352 e. The number of aromatic carboxylic acids is 1. The zero-order valence-corrected chi connectivity index (χ0v) is 16.4. The summed E-state index contributed by atoms with van der Waals surface area (Å²) < 4.78 is 1.83. The molecule has 4 rings (SSSR count). The standard InChI is InChI=1S/C23H20ClN3O2/c24-20-10-3-1-7-16(20)15-27-21-11-4-2-9-18(21)19(22(27)23(28)29)14-25-13-17-8-5-6-12-26-17/h1-12,25H,13-15H2,(H,28,29). The molecule has 0 aliphatic heterocycles. The van der Waals surface area contributed by atoms with Gasteiger partial charge in [0.15, 0.2) is 0 Å². The normalized spacial score (nSPS) is 11.1. The van der Waals surface area contributed by atoms with Gasteiger partial charge < -0.3 is 15.0 Å². The number of fused-ring (bicyclic) bond motifs is 1. The predicted octanol–water partition coefficient (Wildman–Crippen LogP) is 4.73. The largest absolute Gasteiger partial charge is 0.477 e. The van der Waals surface area contributed by atoms with Crippen molar-refractivity contribution in [2.45, 2.75) is 19.6 Å². The Labute approximate surface area is 173 Å². The maximum absolute atomic E-state index is 12.2. The molecule has 5 nitrogen and oxygen atoms in total. The van der Waals surface area contributed by atoms with Crippen molar-refractivity contribution in [1.82, 2.24) is 14.9 Å². The number of nitrogens with zero attached hydrogens (tertiary/aromatic N) is 2. The van der Waals surface area contributed by atoms with Crippen LogP contribution < -0.4 is 5.32 Å². The molecule has 2 aromatic heterocycles. The van der Waals surface area contributed by atoms with Gasteiger partial charge >= 0.3 is 5.97 Å². The number of hydrogen-bond acceptors (Lipinski definition) is 3. The lowest BCUT2D eigenvalue weighted by atomic mass is 10.1. The monoisotopic (exact) mass is 405 g/mol. The van der Waals surface area contributed by atoms with E-state index in [0.717, 1.165) is 27.7 Å². The average Bonchev–Trinajstić information content (AvgIpc) is 3.04. The molecule has 6 heteroatoms. The zero-order valence-electron chi connectivity index (χ0n) is 15.7. The molecule has 2 heterocycles. The summed E-state index contributed by atoms with van der Waals surface area (Å²) in [5.74, 6) is -0.956. The molecule has 0 unspecified atom stereocenters. The van der Waals surface area contributed by atoms with Crippen LogP contribution in [0.3, 0.4) is 0 Å². The summed E-state index contributed by atoms with van der Waals surface area (Å²) in [6.45, 7) is 1.38. The molecule has 0 amide bonds. The Kier molecular flexibility index (Phi) is 5.60. The van der Waals surface area contributed by atoms with Gasteiger partial charge in [0.1, 0.15) is 5.69 Å². The van der Waals surface area contributed by atoms with Crippen LogP contribution in [0, 0.1) is 0 Å². The summed E-state index contributed by atoms with van der Waals surface area (Å²) in [4.78, 5) is 16.5. The second-order valence-electron chi connectivity index (χ2n) is 6.75. The first-order valence-corrected chi connectivity index (χ1v) is 9.70. The molecule has 0 atom stereocenters. The van der Waals surface area contributed by atoms with Gasteiger partial charge in [-0.25, -0.2) is 4.79 Å². The summed E-state index contributed by atoms with van der Waals surface area (Å²) in [6, 6.07) is 21.0. The Balaban J connectivity index is 1.72. The second kappa shape index (κ2) is 8.47. The van der Waals surface area contributed by atoms with Crippen LogP contribution in [0.5, 0.6) is 0 Å². The van der Waals surface area contributed by atoms with E-state index in [0.29, 0.717) is 24.7 Å². The predicted molar refractivity (Wildman–Crippen MR) is 114 cm³/mol. The van der Waals surface area contributed by atoms with Crippen molar-refractivity contribution in [3.05, 3.63) is 100 Å². The second-order valence-corrected chi connectivity index (χ2v) is 7.16. The van der Waals surface area contributed by atoms with Crippen molar-refractivity contribution in [3.8, 4) is 0 Å². The molecule has 2 N–H and O–H groups in total. The highest BCUT2D eigenvalue weighted by Gasteiger charge is 2.22. The molecule has 0 aliphatic carbocycles. The van der Waals surface area contributed by atoms with E-state index in [9.17, 15) is 9.90 Å². The van der Waals surface area contributed by atoms with Crippen LogP contribution in [0.2, 0.25) is 5.02 Å². The summed E-state index contributed by atoms with van der Waals surface area (Å²) in [5, 5.41) is 14.9. The van der Waals surface area contributed by atoms with E-state index in [2.05, 4.69) is 10.3 Å². The molecule has 146 valence electrons. The van der Waals surface area contributed by atoms with E-state index in [1.54, 1.807) is 6.20 Å². The van der Waals surface area contributed by atoms with Gasteiger partial charge in [-0.05, 0) is 29.8 Å². The number of para-hydroxylation sites is 1. The van der Waals surface area contributed by atoms with Crippen LogP contribution in [-0.4, -0.2) is 20.6 Å². The topological polar surface area (TPSA) is 67.2 Å². The molecule has 0 fully saturated rings. The number of pyridine rings is 1. The van der Waals surface area contributed by atoms with Crippen molar-refractivity contribution in [2.24, 2.45) is 0 Å². The molecule has 0 saturated carbocycles. The first kappa shape index (κ1) is 19.2. The Hall–Kier alpha value is -3.15. The van der Waals surface area contributed by atoms with Crippen LogP contribution in [0.15, 0.2) is 72.9 Å². The van der Waals surface area contributed by atoms with Crippen molar-refractivity contribution < 1.29 is 9.90 Å². The Morgan fingerprint density at radius 3 is 2.52 bits per heavy atom. The number of nitrogens with one attached hydrogen (secondary N) is 1. The van der Waals surface area contributed by atoms with Crippen molar-refractivity contribution in [3.63, 3.8) is 0 Å². The average molecular weight is 406 g/mol. The minimum Gasteiger partial charge on any atom is -0.477 e. The van der Waals surface area contributed by atoms with E-state index < -0.39 is 5.97 Å². The first-order valence-electron chi connectivity index (χ1n) is 9.32. The number of aromatic nitrogens is 2. The zero-order chi connectivity index (χ0) is 20.2. The number of carbonyl (C=O) groups is 1. The Morgan fingerprint density at radius 1 is 1.00 bits per heavy atom. The fourth-order valence-electron chi connectivity index (χ4n) is 3.58. The lowest BCUT2D eigenvalue weighted by Crippen LogP contribution is -2.17. The molecule has 29 heavy (non-hydrogen) atoms. The number of carboxylic acid groups (broad SMARTS) is 1. The van der Waals surface area contributed by atoms with Crippen LogP contribution in [-0.2, 0) is 19.6 Å². The third kappa shape index (κ3) is 4.01. The van der Waals surface area contributed by atoms with Crippen LogP contribution in [0.4, 0.5) is 0 Å². The van der Waals surface area contributed by atoms with Crippen LogP contribution >= 0.6 is 11.6 Å². The number of hydrogen-bond donors (Lipinski definition) is 2. The van der Waals surface area contributed by atoms with Gasteiger partial charge in [0.05, 0.1) is 5.69 Å². The van der Waals surface area contributed by atoms with Gasteiger partial charge in [-0.15, -0.1) is 0 Å². The number of rotatable bonds is 7. The van der Waals surface area contributed by atoms with Gasteiger partial charge in [-0.3, -0.25) is 4.98 Å². The minimum absolute atomic E-state index is 0.277. The molecule has 4 aromatic rings. The highest BCUT2D eigenvalue weighted by Crippen LogP contribution is 2.29. The van der Waals surface area contributed by atoms with E-state index >= 15 is 0 Å². The Morgan fingerprint density at radius 2 is 1.76 bits per heavy atom. The number of halogens is 1. The first-order chi connectivity index (χ1) is 14.1. The summed E-state index contributed by atoms with van der Waals surface area (Å²) >= 11 is 6.34. The molecule has 0 bridgehead atoms. The maximum atomic E-state index is 12.2. The van der Waals surface area contributed by atoms with Gasteiger partial charge in [0.25, 0.3) is 0 Å². The summed E-state index contributed by atoms with van der Waals surface area (Å²) in [7, 11) is 0. The van der Waals surface area contributed by atoms with Crippen molar-refractivity contribution in [2.75, 3.05) is 0 Å². The molecular formula is C23H20ClN3O2. The van der Waals surface area contributed by atoms with Crippen LogP contribution in [0.25, 0.3) is 10.9 Å². The fraction of sp³-hybridized carbons (Fsp3) is 0.130. The molecule has 0 aliphatic rings. The number of carboxylic acids is 1. The lowest BCUT2D eigenvalue weighted by molar-refractivity contribution is 0.0685. The maximum Gasteiger partial charge on any atom is 0.352 e. The number of benzene rings is 2. The summed E-state index contributed by atoms with van der Waals surface area (Å²) in [5.41, 5.74) is 3.70. The van der Waals surface area contributed by atoms with Crippen LogP contribution in [0.1, 0.15) is 27.3 Å². The SMILES string of the molecule is O=C(O)c1c(CNCc2ccccn2)c2ccccc2n1Cc1ccccc1Cl. The minimum atomic E-state index is -0.956. The quantitative estimate of drug-likeness (QED) is 0.466. The molecule has 0 radical (unpaired) electrons. The molecule has 0 saturated heterocycles. The van der Waals surface area contributed by atoms with Gasteiger partial charge in [0.2, 0.25) is 0 Å². The molecular weight excluding hydrogens is 386 g/mol. The van der Waals surface area contributed by atoms with Gasteiger partial charge in [-0.1, -0.05) is 54.1 Å². The summed E-state index contributed by atoms with van der Waals surface area (Å²) in [6.07, 6.45) is 1.75. The van der Waals surface area contributed by atoms with E-state index in [1.165, 1.54) is 0 Å². The van der Waals surface area contributed by atoms with E-state index in [4.69, 9.17) is 11.6 Å². The highest BCUT2D eigenvalue weighted by atomic mass is 35.5.